The molecule has 16 heavy (non-hydrogen) atoms. The van der Waals surface area contributed by atoms with E-state index in [4.69, 9.17) is 5.11 Å². The largest absolute Gasteiger partial charge is 0.465 e. The maximum absolute atomic E-state index is 10.9. The van der Waals surface area contributed by atoms with Crippen LogP contribution in [0.2, 0.25) is 0 Å². The first-order valence-electron chi connectivity index (χ1n) is 5.40. The van der Waals surface area contributed by atoms with E-state index in [9.17, 15) is 4.79 Å². The number of rotatable bonds is 6. The van der Waals surface area contributed by atoms with Crippen LogP contribution in [0, 0.1) is 0 Å². The molecule has 88 valence electrons. The molecule has 0 aromatic heterocycles. The van der Waals surface area contributed by atoms with Gasteiger partial charge in [0, 0.05) is 19.6 Å². The second kappa shape index (κ2) is 6.85. The number of amides is 1. The van der Waals surface area contributed by atoms with E-state index in [0.29, 0.717) is 19.6 Å². The summed E-state index contributed by atoms with van der Waals surface area (Å²) in [4.78, 5) is 12.4. The Bertz CT molecular complexity index is 314. The van der Waals surface area contributed by atoms with Crippen molar-refractivity contribution in [2.24, 2.45) is 0 Å². The molecule has 0 heterocycles. The molecule has 0 aliphatic heterocycles. The highest BCUT2D eigenvalue weighted by molar-refractivity contribution is 5.64. The first-order valence-corrected chi connectivity index (χ1v) is 5.40. The zero-order valence-electron chi connectivity index (χ0n) is 9.52. The third-order valence-corrected chi connectivity index (χ3v) is 2.42. The molecule has 2 N–H and O–H groups in total. The van der Waals surface area contributed by atoms with Crippen LogP contribution in [0.15, 0.2) is 30.3 Å². The zero-order chi connectivity index (χ0) is 11.8. The number of nitrogens with zero attached hydrogens (tertiary/aromatic N) is 1. The number of benzene rings is 1. The predicted molar refractivity (Wildman–Crippen MR) is 63.7 cm³/mol. The lowest BCUT2D eigenvalue weighted by molar-refractivity contribution is 0.146. The molecule has 0 atom stereocenters. The minimum absolute atomic E-state index is 0.526. The molecule has 0 spiro atoms. The van der Waals surface area contributed by atoms with Crippen LogP contribution in [0.3, 0.4) is 0 Å². The summed E-state index contributed by atoms with van der Waals surface area (Å²) < 4.78 is 0. The molecule has 1 aromatic rings. The number of hydrogen-bond acceptors (Lipinski definition) is 2. The molecule has 1 aromatic carbocycles. The van der Waals surface area contributed by atoms with Gasteiger partial charge in [-0.2, -0.15) is 0 Å². The van der Waals surface area contributed by atoms with Crippen LogP contribution in [0.25, 0.3) is 0 Å². The number of nitrogens with one attached hydrogen (secondary N) is 1. The van der Waals surface area contributed by atoms with Crippen molar-refractivity contribution in [1.29, 1.82) is 0 Å². The molecule has 0 aliphatic carbocycles. The average Bonchev–Trinajstić information content (AvgIpc) is 2.30. The molecule has 0 saturated heterocycles. The molecule has 1 rings (SSSR count). The highest BCUT2D eigenvalue weighted by Gasteiger charge is 2.10. The fraction of sp³-hybridized carbons (Fsp3) is 0.417. The Morgan fingerprint density at radius 3 is 2.56 bits per heavy atom. The monoisotopic (exact) mass is 222 g/mol. The predicted octanol–water partition coefficient (Wildman–Crippen LogP) is 1.43. The van der Waals surface area contributed by atoms with Gasteiger partial charge in [-0.1, -0.05) is 30.3 Å². The van der Waals surface area contributed by atoms with E-state index in [-0.39, 0.29) is 0 Å². The fourth-order valence-electron chi connectivity index (χ4n) is 1.46. The minimum Gasteiger partial charge on any atom is -0.465 e. The van der Waals surface area contributed by atoms with Crippen LogP contribution in [0.1, 0.15) is 5.56 Å². The van der Waals surface area contributed by atoms with Crippen LogP contribution in [-0.2, 0) is 6.42 Å². The van der Waals surface area contributed by atoms with Crippen LogP contribution < -0.4 is 5.32 Å². The SMILES string of the molecule is CNCCN(CCc1ccccc1)C(=O)O. The number of likely N-dealkylation sites (N-methyl/N-ethyl adjacent to an activating group) is 1. The van der Waals surface area contributed by atoms with Crippen LogP contribution >= 0.6 is 0 Å². The van der Waals surface area contributed by atoms with E-state index in [1.54, 1.807) is 0 Å². The Kier molecular flexibility index (Phi) is 5.36. The van der Waals surface area contributed by atoms with E-state index < -0.39 is 6.09 Å². The van der Waals surface area contributed by atoms with E-state index in [0.717, 1.165) is 6.42 Å². The first-order chi connectivity index (χ1) is 7.74. The Labute approximate surface area is 95.9 Å². The lowest BCUT2D eigenvalue weighted by Crippen LogP contribution is -2.36. The Morgan fingerprint density at radius 2 is 2.00 bits per heavy atom. The second-order valence-electron chi connectivity index (χ2n) is 3.61. The Hall–Kier alpha value is -1.55. The third kappa shape index (κ3) is 4.31. The highest BCUT2D eigenvalue weighted by atomic mass is 16.4. The lowest BCUT2D eigenvalue weighted by atomic mass is 10.1. The smallest absolute Gasteiger partial charge is 0.407 e. The maximum Gasteiger partial charge on any atom is 0.407 e. The van der Waals surface area contributed by atoms with Crippen LogP contribution in [0.5, 0.6) is 0 Å². The average molecular weight is 222 g/mol. The third-order valence-electron chi connectivity index (χ3n) is 2.42. The number of carbonyl (C=O) groups is 1. The summed E-state index contributed by atoms with van der Waals surface area (Å²) in [5.41, 5.74) is 1.17. The van der Waals surface area contributed by atoms with Gasteiger partial charge in [-0.25, -0.2) is 4.79 Å². The molecule has 0 aliphatic rings. The Balaban J connectivity index is 2.41. The van der Waals surface area contributed by atoms with Crippen molar-refractivity contribution in [3.8, 4) is 0 Å². The number of carboxylic acid groups (broad SMARTS) is 1. The lowest BCUT2D eigenvalue weighted by Gasteiger charge is -2.18. The van der Waals surface area contributed by atoms with Gasteiger partial charge in [0.2, 0.25) is 0 Å². The molecule has 1 amide bonds. The molecule has 0 fully saturated rings. The van der Waals surface area contributed by atoms with Gasteiger partial charge in [-0.05, 0) is 19.0 Å². The first kappa shape index (κ1) is 12.5. The maximum atomic E-state index is 10.9. The summed E-state index contributed by atoms with van der Waals surface area (Å²) in [6.07, 6.45) is -0.0946. The van der Waals surface area contributed by atoms with Gasteiger partial charge in [-0.15, -0.1) is 0 Å². The van der Waals surface area contributed by atoms with Gasteiger partial charge in [0.05, 0.1) is 0 Å². The molecule has 4 heteroatoms. The standard InChI is InChI=1S/C12H18N2O2/c1-13-8-10-14(12(15)16)9-7-11-5-3-2-4-6-11/h2-6,13H,7-10H2,1H3,(H,15,16). The van der Waals surface area contributed by atoms with Crippen molar-refractivity contribution in [1.82, 2.24) is 10.2 Å². The van der Waals surface area contributed by atoms with E-state index in [1.807, 2.05) is 37.4 Å². The molecule has 4 nitrogen and oxygen atoms in total. The molecule has 0 saturated carbocycles. The topological polar surface area (TPSA) is 52.6 Å². The van der Waals surface area contributed by atoms with Crippen molar-refractivity contribution in [2.45, 2.75) is 6.42 Å². The van der Waals surface area contributed by atoms with E-state index >= 15 is 0 Å². The Morgan fingerprint density at radius 1 is 1.31 bits per heavy atom. The highest BCUT2D eigenvalue weighted by Crippen LogP contribution is 2.01. The van der Waals surface area contributed by atoms with Crippen molar-refractivity contribution in [3.05, 3.63) is 35.9 Å². The fourth-order valence-corrected chi connectivity index (χ4v) is 1.46. The van der Waals surface area contributed by atoms with E-state index in [1.165, 1.54) is 10.5 Å². The van der Waals surface area contributed by atoms with Gasteiger partial charge in [-0.3, -0.25) is 0 Å². The molecule has 0 unspecified atom stereocenters. The molecule has 0 radical (unpaired) electrons. The molecular formula is C12H18N2O2. The summed E-state index contributed by atoms with van der Waals surface area (Å²) in [5.74, 6) is 0. The number of hydrogen-bond donors (Lipinski definition) is 2. The van der Waals surface area contributed by atoms with Gasteiger partial charge in [0.15, 0.2) is 0 Å². The quantitative estimate of drug-likeness (QED) is 0.765. The normalized spacial score (nSPS) is 10.1. The van der Waals surface area contributed by atoms with Gasteiger partial charge in [0.25, 0.3) is 0 Å². The van der Waals surface area contributed by atoms with Crippen molar-refractivity contribution >= 4 is 6.09 Å². The van der Waals surface area contributed by atoms with E-state index in [2.05, 4.69) is 5.32 Å². The summed E-state index contributed by atoms with van der Waals surface area (Å²) in [6.45, 7) is 1.75. The second-order valence-corrected chi connectivity index (χ2v) is 3.61. The zero-order valence-corrected chi connectivity index (χ0v) is 9.52. The summed E-state index contributed by atoms with van der Waals surface area (Å²) in [5, 5.41) is 11.9. The van der Waals surface area contributed by atoms with Crippen LogP contribution in [0.4, 0.5) is 4.79 Å². The molecule has 0 bridgehead atoms. The van der Waals surface area contributed by atoms with Crippen LogP contribution in [-0.4, -0.2) is 42.8 Å². The summed E-state index contributed by atoms with van der Waals surface area (Å²) >= 11 is 0. The van der Waals surface area contributed by atoms with Gasteiger partial charge < -0.3 is 15.3 Å². The van der Waals surface area contributed by atoms with Crippen molar-refractivity contribution in [2.75, 3.05) is 26.7 Å². The molecular weight excluding hydrogens is 204 g/mol. The summed E-state index contributed by atoms with van der Waals surface area (Å²) in [7, 11) is 1.82. The van der Waals surface area contributed by atoms with Crippen molar-refractivity contribution in [3.63, 3.8) is 0 Å². The minimum atomic E-state index is -0.855. The van der Waals surface area contributed by atoms with Gasteiger partial charge in [0.1, 0.15) is 0 Å². The van der Waals surface area contributed by atoms with Crippen molar-refractivity contribution < 1.29 is 9.90 Å². The van der Waals surface area contributed by atoms with Gasteiger partial charge >= 0.3 is 6.09 Å². The summed E-state index contributed by atoms with van der Waals surface area (Å²) in [6, 6.07) is 9.91.